The summed E-state index contributed by atoms with van der Waals surface area (Å²) in [4.78, 5) is 0.285. The molecule has 0 saturated carbocycles. The number of nitrogens with zero attached hydrogens (tertiary/aromatic N) is 1. The normalized spacial score (nSPS) is 19.3. The van der Waals surface area contributed by atoms with Gasteiger partial charge in [-0.05, 0) is 18.1 Å². The van der Waals surface area contributed by atoms with E-state index in [1.807, 2.05) is 12.1 Å². The molecule has 7 heteroatoms. The maximum Gasteiger partial charge on any atom is 0.243 e. The highest BCUT2D eigenvalue weighted by atomic mass is 32.2. The zero-order valence-electron chi connectivity index (χ0n) is 12.2. The van der Waals surface area contributed by atoms with Crippen LogP contribution in [0.25, 0.3) is 0 Å². The maximum absolute atomic E-state index is 12.5. The second kappa shape index (κ2) is 7.33. The molecule has 2 N–H and O–H groups in total. The lowest BCUT2D eigenvalue weighted by molar-refractivity contribution is 0.190. The van der Waals surface area contributed by atoms with Crippen molar-refractivity contribution in [2.75, 3.05) is 33.4 Å². The van der Waals surface area contributed by atoms with Crippen LogP contribution in [0.2, 0.25) is 0 Å². The van der Waals surface area contributed by atoms with Crippen LogP contribution in [-0.2, 0) is 21.3 Å². The van der Waals surface area contributed by atoms with E-state index in [0.717, 1.165) is 18.6 Å². The molecule has 0 bridgehead atoms. The first-order chi connectivity index (χ1) is 10.1. The van der Waals surface area contributed by atoms with Gasteiger partial charge in [0.05, 0.1) is 18.1 Å². The van der Waals surface area contributed by atoms with E-state index in [2.05, 4.69) is 5.32 Å². The highest BCUT2D eigenvalue weighted by Gasteiger charge is 2.23. The number of likely N-dealkylation sites (N-methyl/N-ethyl adjacent to an activating group) is 1. The van der Waals surface area contributed by atoms with E-state index in [4.69, 9.17) is 9.84 Å². The average molecular weight is 314 g/mol. The largest absolute Gasteiger partial charge is 0.395 e. The summed E-state index contributed by atoms with van der Waals surface area (Å²) in [6.07, 6.45) is 0.944. The molecular weight excluding hydrogens is 292 g/mol. The van der Waals surface area contributed by atoms with Crippen molar-refractivity contribution in [1.29, 1.82) is 0 Å². The molecule has 1 heterocycles. The Hall–Kier alpha value is -0.990. The molecule has 0 spiro atoms. The number of hydrogen-bond donors (Lipinski definition) is 2. The molecule has 1 aliphatic rings. The molecule has 118 valence electrons. The number of benzene rings is 1. The second-order valence-electron chi connectivity index (χ2n) is 5.10. The molecule has 2 rings (SSSR count). The summed E-state index contributed by atoms with van der Waals surface area (Å²) in [6.45, 7) is 1.78. The number of aliphatic hydroxyl groups is 1. The van der Waals surface area contributed by atoms with E-state index < -0.39 is 10.0 Å². The van der Waals surface area contributed by atoms with Gasteiger partial charge in [-0.2, -0.15) is 4.31 Å². The maximum atomic E-state index is 12.5. The molecule has 0 amide bonds. The SMILES string of the molecule is CN(CCO)S(=O)(=O)c1ccccc1CN[C@@H]1CCOC1. The van der Waals surface area contributed by atoms with Crippen molar-refractivity contribution in [3.63, 3.8) is 0 Å². The smallest absolute Gasteiger partial charge is 0.243 e. The number of hydrogen-bond acceptors (Lipinski definition) is 5. The molecule has 1 aromatic rings. The predicted molar refractivity (Wildman–Crippen MR) is 79.4 cm³/mol. The lowest BCUT2D eigenvalue weighted by Crippen LogP contribution is -2.32. The van der Waals surface area contributed by atoms with Crippen LogP contribution >= 0.6 is 0 Å². The van der Waals surface area contributed by atoms with Gasteiger partial charge >= 0.3 is 0 Å². The quantitative estimate of drug-likeness (QED) is 0.750. The lowest BCUT2D eigenvalue weighted by Gasteiger charge is -2.19. The first-order valence-corrected chi connectivity index (χ1v) is 8.46. The summed E-state index contributed by atoms with van der Waals surface area (Å²) in [7, 11) is -2.10. The van der Waals surface area contributed by atoms with Gasteiger partial charge in [0, 0.05) is 32.8 Å². The zero-order valence-corrected chi connectivity index (χ0v) is 13.0. The van der Waals surface area contributed by atoms with Crippen molar-refractivity contribution in [2.45, 2.75) is 23.9 Å². The minimum Gasteiger partial charge on any atom is -0.395 e. The summed E-state index contributed by atoms with van der Waals surface area (Å²) >= 11 is 0. The monoisotopic (exact) mass is 314 g/mol. The van der Waals surface area contributed by atoms with Gasteiger partial charge in [0.2, 0.25) is 10.0 Å². The third kappa shape index (κ3) is 4.02. The molecule has 1 saturated heterocycles. The van der Waals surface area contributed by atoms with E-state index in [1.165, 1.54) is 11.4 Å². The number of nitrogens with one attached hydrogen (secondary N) is 1. The molecule has 0 unspecified atom stereocenters. The Morgan fingerprint density at radius 2 is 2.19 bits per heavy atom. The Labute approximate surface area is 125 Å². The molecule has 6 nitrogen and oxygen atoms in total. The molecule has 0 aliphatic carbocycles. The predicted octanol–water partition coefficient (Wildman–Crippen LogP) is 0.178. The van der Waals surface area contributed by atoms with Gasteiger partial charge in [-0.3, -0.25) is 0 Å². The molecule has 0 aromatic heterocycles. The van der Waals surface area contributed by atoms with Crippen LogP contribution in [0.1, 0.15) is 12.0 Å². The van der Waals surface area contributed by atoms with Crippen molar-refractivity contribution >= 4 is 10.0 Å². The van der Waals surface area contributed by atoms with Crippen molar-refractivity contribution in [3.05, 3.63) is 29.8 Å². The fourth-order valence-electron chi connectivity index (χ4n) is 2.28. The summed E-state index contributed by atoms with van der Waals surface area (Å²) < 4.78 is 31.5. The van der Waals surface area contributed by atoms with Crippen molar-refractivity contribution < 1.29 is 18.3 Å². The van der Waals surface area contributed by atoms with Crippen LogP contribution in [0, 0.1) is 0 Å². The van der Waals surface area contributed by atoms with Gasteiger partial charge in [-0.15, -0.1) is 0 Å². The molecule has 0 radical (unpaired) electrons. The van der Waals surface area contributed by atoms with Crippen LogP contribution in [-0.4, -0.2) is 57.3 Å². The van der Waals surface area contributed by atoms with Crippen LogP contribution in [0.3, 0.4) is 0 Å². The Bertz CT molecular complexity index is 556. The van der Waals surface area contributed by atoms with Gasteiger partial charge in [-0.1, -0.05) is 18.2 Å². The Balaban J connectivity index is 2.15. The van der Waals surface area contributed by atoms with Crippen LogP contribution in [0.4, 0.5) is 0 Å². The van der Waals surface area contributed by atoms with Gasteiger partial charge < -0.3 is 15.2 Å². The topological polar surface area (TPSA) is 78.9 Å². The van der Waals surface area contributed by atoms with E-state index >= 15 is 0 Å². The van der Waals surface area contributed by atoms with Crippen molar-refractivity contribution in [2.24, 2.45) is 0 Å². The molecule has 1 atom stereocenters. The zero-order chi connectivity index (χ0) is 15.3. The second-order valence-corrected chi connectivity index (χ2v) is 7.11. The van der Waals surface area contributed by atoms with E-state index in [1.54, 1.807) is 12.1 Å². The molecule has 1 fully saturated rings. The van der Waals surface area contributed by atoms with Crippen molar-refractivity contribution in [1.82, 2.24) is 9.62 Å². The van der Waals surface area contributed by atoms with Gasteiger partial charge in [0.15, 0.2) is 0 Å². The number of rotatable bonds is 7. The van der Waals surface area contributed by atoms with Gasteiger partial charge in [0.25, 0.3) is 0 Å². The molecule has 1 aromatic carbocycles. The fraction of sp³-hybridized carbons (Fsp3) is 0.571. The molecule has 1 aliphatic heterocycles. The summed E-state index contributed by atoms with van der Waals surface area (Å²) in [5, 5.41) is 12.3. The summed E-state index contributed by atoms with van der Waals surface area (Å²) in [6, 6.07) is 7.22. The molecular formula is C14H22N2O4S. The number of ether oxygens (including phenoxy) is 1. The van der Waals surface area contributed by atoms with E-state index in [0.29, 0.717) is 13.2 Å². The van der Waals surface area contributed by atoms with Crippen LogP contribution in [0.15, 0.2) is 29.2 Å². The van der Waals surface area contributed by atoms with E-state index in [9.17, 15) is 8.42 Å². The first kappa shape index (κ1) is 16.4. The summed E-state index contributed by atoms with van der Waals surface area (Å²) in [5.41, 5.74) is 0.731. The Morgan fingerprint density at radius 3 is 2.86 bits per heavy atom. The minimum absolute atomic E-state index is 0.0839. The minimum atomic E-state index is -3.58. The lowest BCUT2D eigenvalue weighted by atomic mass is 10.2. The Kier molecular flexibility index (Phi) is 5.72. The van der Waals surface area contributed by atoms with Gasteiger partial charge in [0.1, 0.15) is 0 Å². The number of sulfonamides is 1. The Morgan fingerprint density at radius 1 is 1.43 bits per heavy atom. The third-order valence-corrected chi connectivity index (χ3v) is 5.54. The van der Waals surface area contributed by atoms with Gasteiger partial charge in [-0.25, -0.2) is 8.42 Å². The third-order valence-electron chi connectivity index (χ3n) is 3.59. The van der Waals surface area contributed by atoms with Crippen LogP contribution < -0.4 is 5.32 Å². The average Bonchev–Trinajstić information content (AvgIpc) is 2.99. The highest BCUT2D eigenvalue weighted by molar-refractivity contribution is 7.89. The highest BCUT2D eigenvalue weighted by Crippen LogP contribution is 2.19. The fourth-order valence-corrected chi connectivity index (χ4v) is 3.66. The van der Waals surface area contributed by atoms with E-state index in [-0.39, 0.29) is 24.1 Å². The standard InChI is InChI=1S/C14H22N2O4S/c1-16(7-8-17)21(18,19)14-5-3-2-4-12(14)10-15-13-6-9-20-11-13/h2-5,13,15,17H,6-11H2,1H3/t13-/m1/s1. The van der Waals surface area contributed by atoms with Crippen LogP contribution in [0.5, 0.6) is 0 Å². The molecule has 21 heavy (non-hydrogen) atoms. The number of aliphatic hydroxyl groups excluding tert-OH is 1. The summed E-state index contributed by atoms with van der Waals surface area (Å²) in [5.74, 6) is 0. The van der Waals surface area contributed by atoms with Crippen molar-refractivity contribution in [3.8, 4) is 0 Å². The first-order valence-electron chi connectivity index (χ1n) is 7.02.